The summed E-state index contributed by atoms with van der Waals surface area (Å²) in [6.45, 7) is 1.34. The molecule has 4 heteroatoms. The normalized spacial score (nSPS) is 9.73. The van der Waals surface area contributed by atoms with Crippen LogP contribution >= 0.6 is 12.2 Å². The number of para-hydroxylation sites is 1. The minimum Gasteiger partial charge on any atom is -0.496 e. The van der Waals surface area contributed by atoms with Gasteiger partial charge in [-0.25, -0.2) is 0 Å². The van der Waals surface area contributed by atoms with Gasteiger partial charge in [-0.3, -0.25) is 0 Å². The molecule has 0 aliphatic rings. The van der Waals surface area contributed by atoms with Crippen LogP contribution in [0.2, 0.25) is 0 Å². The number of ether oxygens (including phenoxy) is 2. The SMILES string of the molecule is COCCNC(=S)c1ccccc1OC. The minimum atomic E-state index is 0.634. The number of hydrogen-bond donors (Lipinski definition) is 1. The summed E-state index contributed by atoms with van der Waals surface area (Å²) in [7, 11) is 3.30. The number of methoxy groups -OCH3 is 2. The molecule has 0 saturated carbocycles. The highest BCUT2D eigenvalue weighted by Crippen LogP contribution is 2.17. The molecule has 0 atom stereocenters. The van der Waals surface area contributed by atoms with Gasteiger partial charge in [0.2, 0.25) is 0 Å². The van der Waals surface area contributed by atoms with E-state index in [0.717, 1.165) is 11.3 Å². The summed E-state index contributed by atoms with van der Waals surface area (Å²) in [5.41, 5.74) is 0.908. The van der Waals surface area contributed by atoms with Gasteiger partial charge in [-0.1, -0.05) is 24.4 Å². The van der Waals surface area contributed by atoms with Crippen molar-refractivity contribution in [1.29, 1.82) is 0 Å². The summed E-state index contributed by atoms with van der Waals surface area (Å²) in [6.07, 6.45) is 0. The highest BCUT2D eigenvalue weighted by Gasteiger charge is 2.06. The standard InChI is InChI=1S/C11H15NO2S/c1-13-8-7-12-11(15)9-5-3-4-6-10(9)14-2/h3-6H,7-8H2,1-2H3,(H,12,15). The van der Waals surface area contributed by atoms with E-state index in [9.17, 15) is 0 Å². The molecule has 0 aliphatic carbocycles. The van der Waals surface area contributed by atoms with Crippen LogP contribution in [0.5, 0.6) is 5.75 Å². The van der Waals surface area contributed by atoms with Gasteiger partial charge in [-0.2, -0.15) is 0 Å². The Morgan fingerprint density at radius 3 is 2.73 bits per heavy atom. The first-order valence-corrected chi connectivity index (χ1v) is 5.10. The molecule has 1 aromatic rings. The second kappa shape index (κ2) is 6.37. The van der Waals surface area contributed by atoms with E-state index in [1.165, 1.54) is 0 Å². The predicted molar refractivity (Wildman–Crippen MR) is 64.6 cm³/mol. The van der Waals surface area contributed by atoms with E-state index in [2.05, 4.69) is 5.32 Å². The fourth-order valence-corrected chi connectivity index (χ4v) is 1.46. The van der Waals surface area contributed by atoms with Crippen LogP contribution in [0.15, 0.2) is 24.3 Å². The average Bonchev–Trinajstić information content (AvgIpc) is 2.29. The molecule has 0 unspecified atom stereocenters. The molecule has 0 amide bonds. The lowest BCUT2D eigenvalue weighted by atomic mass is 10.2. The van der Waals surface area contributed by atoms with Crippen LogP contribution in [0.3, 0.4) is 0 Å². The van der Waals surface area contributed by atoms with Crippen LogP contribution in [0.25, 0.3) is 0 Å². The largest absolute Gasteiger partial charge is 0.496 e. The van der Waals surface area contributed by atoms with Gasteiger partial charge in [-0.15, -0.1) is 0 Å². The molecule has 0 fully saturated rings. The van der Waals surface area contributed by atoms with Crippen molar-refractivity contribution in [1.82, 2.24) is 5.32 Å². The maximum atomic E-state index is 5.24. The third kappa shape index (κ3) is 3.49. The Kier molecular flexibility index (Phi) is 5.07. The quantitative estimate of drug-likeness (QED) is 0.609. The van der Waals surface area contributed by atoms with Crippen molar-refractivity contribution in [2.75, 3.05) is 27.4 Å². The van der Waals surface area contributed by atoms with Gasteiger partial charge in [0.25, 0.3) is 0 Å². The van der Waals surface area contributed by atoms with Crippen molar-refractivity contribution in [3.05, 3.63) is 29.8 Å². The van der Waals surface area contributed by atoms with Crippen molar-refractivity contribution in [2.45, 2.75) is 0 Å². The lowest BCUT2D eigenvalue weighted by Crippen LogP contribution is -2.26. The Labute approximate surface area is 95.4 Å². The minimum absolute atomic E-state index is 0.634. The fraction of sp³-hybridized carbons (Fsp3) is 0.364. The third-order valence-electron chi connectivity index (χ3n) is 1.94. The number of hydrogen-bond acceptors (Lipinski definition) is 3. The predicted octanol–water partition coefficient (Wildman–Crippen LogP) is 1.61. The van der Waals surface area contributed by atoms with E-state index in [1.807, 2.05) is 24.3 Å². The van der Waals surface area contributed by atoms with E-state index in [1.54, 1.807) is 14.2 Å². The van der Waals surface area contributed by atoms with Gasteiger partial charge in [0.1, 0.15) is 10.7 Å². The highest BCUT2D eigenvalue weighted by molar-refractivity contribution is 7.80. The molecule has 0 bridgehead atoms. The molecule has 1 N–H and O–H groups in total. The Hall–Kier alpha value is -1.13. The van der Waals surface area contributed by atoms with Crippen molar-refractivity contribution in [2.24, 2.45) is 0 Å². The lowest BCUT2D eigenvalue weighted by Gasteiger charge is -2.10. The van der Waals surface area contributed by atoms with Crippen LogP contribution < -0.4 is 10.1 Å². The molecule has 0 heterocycles. The first kappa shape index (κ1) is 11.9. The van der Waals surface area contributed by atoms with E-state index < -0.39 is 0 Å². The number of rotatable bonds is 5. The smallest absolute Gasteiger partial charge is 0.129 e. The van der Waals surface area contributed by atoms with Crippen molar-refractivity contribution < 1.29 is 9.47 Å². The summed E-state index contributed by atoms with van der Waals surface area (Å²) < 4.78 is 10.1. The zero-order chi connectivity index (χ0) is 11.1. The number of benzene rings is 1. The molecule has 0 radical (unpaired) electrons. The first-order valence-electron chi connectivity index (χ1n) is 4.69. The second-order valence-corrected chi connectivity index (χ2v) is 3.36. The molecule has 15 heavy (non-hydrogen) atoms. The summed E-state index contributed by atoms with van der Waals surface area (Å²) in [5.74, 6) is 0.785. The zero-order valence-corrected chi connectivity index (χ0v) is 9.76. The molecule has 82 valence electrons. The zero-order valence-electron chi connectivity index (χ0n) is 8.95. The van der Waals surface area contributed by atoms with Gasteiger partial charge in [-0.05, 0) is 12.1 Å². The summed E-state index contributed by atoms with van der Waals surface area (Å²) in [4.78, 5) is 0.685. The third-order valence-corrected chi connectivity index (χ3v) is 2.31. The highest BCUT2D eigenvalue weighted by atomic mass is 32.1. The molecular weight excluding hydrogens is 210 g/mol. The Morgan fingerprint density at radius 2 is 2.07 bits per heavy atom. The molecule has 0 aromatic heterocycles. The van der Waals surface area contributed by atoms with E-state index in [0.29, 0.717) is 18.1 Å². The maximum Gasteiger partial charge on any atom is 0.129 e. The van der Waals surface area contributed by atoms with Crippen molar-refractivity contribution in [3.63, 3.8) is 0 Å². The maximum absolute atomic E-state index is 5.24. The first-order chi connectivity index (χ1) is 7.29. The summed E-state index contributed by atoms with van der Waals surface area (Å²) in [5, 5.41) is 3.10. The molecular formula is C11H15NO2S. The molecule has 0 aliphatic heterocycles. The topological polar surface area (TPSA) is 30.5 Å². The monoisotopic (exact) mass is 225 g/mol. The number of thiocarbonyl (C=S) groups is 1. The molecule has 1 aromatic carbocycles. The number of nitrogens with one attached hydrogen (secondary N) is 1. The molecule has 0 spiro atoms. The van der Waals surface area contributed by atoms with E-state index >= 15 is 0 Å². The molecule has 0 saturated heterocycles. The molecule has 3 nitrogen and oxygen atoms in total. The average molecular weight is 225 g/mol. The second-order valence-electron chi connectivity index (χ2n) is 2.95. The van der Waals surface area contributed by atoms with Crippen molar-refractivity contribution >= 4 is 17.2 Å². The van der Waals surface area contributed by atoms with E-state index in [-0.39, 0.29) is 0 Å². The summed E-state index contributed by atoms with van der Waals surface area (Å²) in [6, 6.07) is 7.67. The lowest BCUT2D eigenvalue weighted by molar-refractivity contribution is 0.204. The van der Waals surface area contributed by atoms with Crippen LogP contribution in [0.1, 0.15) is 5.56 Å². The van der Waals surface area contributed by atoms with Gasteiger partial charge in [0.05, 0.1) is 19.3 Å². The summed E-state index contributed by atoms with van der Waals surface area (Å²) >= 11 is 5.24. The van der Waals surface area contributed by atoms with Gasteiger partial charge in [0, 0.05) is 13.7 Å². The van der Waals surface area contributed by atoms with Gasteiger partial charge < -0.3 is 14.8 Å². The van der Waals surface area contributed by atoms with Crippen LogP contribution in [-0.4, -0.2) is 32.4 Å². The van der Waals surface area contributed by atoms with Crippen LogP contribution in [0.4, 0.5) is 0 Å². The Morgan fingerprint density at radius 1 is 1.33 bits per heavy atom. The Bertz CT molecular complexity index is 328. The van der Waals surface area contributed by atoms with Crippen LogP contribution in [0, 0.1) is 0 Å². The van der Waals surface area contributed by atoms with Crippen LogP contribution in [-0.2, 0) is 4.74 Å². The van der Waals surface area contributed by atoms with Crippen molar-refractivity contribution in [3.8, 4) is 5.75 Å². The van der Waals surface area contributed by atoms with Gasteiger partial charge in [0.15, 0.2) is 0 Å². The molecule has 1 rings (SSSR count). The van der Waals surface area contributed by atoms with Gasteiger partial charge >= 0.3 is 0 Å². The van der Waals surface area contributed by atoms with E-state index in [4.69, 9.17) is 21.7 Å². The fourth-order valence-electron chi connectivity index (χ4n) is 1.19. The Balaban J connectivity index is 2.64.